The van der Waals surface area contributed by atoms with Gasteiger partial charge in [0.05, 0.1) is 48.7 Å². The second-order valence-electron chi connectivity index (χ2n) is 17.5. The maximum absolute atomic E-state index is 14.2. The quantitative estimate of drug-likeness (QED) is 0.0524. The SMILES string of the molecule is COc1cccc2c1C(=O)c1c(O)c3c(c(O)c1C2=O)C[C@@](O)(C(=O)NCCNC(=O)OCc1ccc(NC(=O)CCCCNC(N)=O)cc1)C[C@@H]3O[C@H]1C[C@H](N2CCO[C@H](OC)C2)[C@H](OC)[C@H](C)O1. The van der Waals surface area contributed by atoms with Gasteiger partial charge in [0.2, 0.25) is 11.7 Å². The molecule has 0 bridgehead atoms. The number of phenolic OH excluding ortho intramolecular Hbond substituents is 2. The molecule has 5 amide bonds. The maximum Gasteiger partial charge on any atom is 0.407 e. The van der Waals surface area contributed by atoms with E-state index >= 15 is 0 Å². The van der Waals surface area contributed by atoms with Crippen molar-refractivity contribution in [3.05, 3.63) is 81.4 Å². The molecule has 2 aliphatic heterocycles. The first-order valence-electron chi connectivity index (χ1n) is 23.0. The Bertz CT molecular complexity index is 2450. The number of primary amides is 1. The first-order chi connectivity index (χ1) is 33.6. The number of phenols is 2. The summed E-state index contributed by atoms with van der Waals surface area (Å²) in [5, 5.41) is 46.7. The number of nitrogens with one attached hydrogen (secondary N) is 4. The zero-order valence-corrected chi connectivity index (χ0v) is 39.4. The number of carbonyl (C=O) groups is 6. The Kier molecular flexibility index (Phi) is 16.6. The fourth-order valence-corrected chi connectivity index (χ4v) is 9.52. The molecule has 0 aromatic heterocycles. The Hall–Kier alpha value is -6.40. The minimum absolute atomic E-state index is 0.0728. The van der Waals surface area contributed by atoms with Crippen LogP contribution in [0.1, 0.15) is 93.7 Å². The third-order valence-corrected chi connectivity index (χ3v) is 12.9. The van der Waals surface area contributed by atoms with Gasteiger partial charge in [-0.15, -0.1) is 0 Å². The van der Waals surface area contributed by atoms with Gasteiger partial charge < -0.3 is 75.5 Å². The number of aromatic hydroxyl groups is 2. The van der Waals surface area contributed by atoms with Gasteiger partial charge in [-0.3, -0.25) is 24.1 Å². The highest BCUT2D eigenvalue weighted by Gasteiger charge is 2.51. The third kappa shape index (κ3) is 11.3. The van der Waals surface area contributed by atoms with Gasteiger partial charge in [0.1, 0.15) is 29.5 Å². The van der Waals surface area contributed by atoms with Crippen molar-refractivity contribution in [3.63, 3.8) is 0 Å². The van der Waals surface area contributed by atoms with Crippen LogP contribution in [0.15, 0.2) is 42.5 Å². The highest BCUT2D eigenvalue weighted by Crippen LogP contribution is 2.52. The molecule has 70 heavy (non-hydrogen) atoms. The molecule has 0 spiro atoms. The summed E-state index contributed by atoms with van der Waals surface area (Å²) >= 11 is 0. The fraction of sp³-hybridized carbons (Fsp3) is 0.500. The van der Waals surface area contributed by atoms with Crippen molar-refractivity contribution in [1.82, 2.24) is 20.9 Å². The molecule has 4 aliphatic rings. The monoisotopic (exact) mass is 976 g/mol. The smallest absolute Gasteiger partial charge is 0.407 e. The van der Waals surface area contributed by atoms with Gasteiger partial charge in [-0.25, -0.2) is 9.59 Å². The summed E-state index contributed by atoms with van der Waals surface area (Å²) in [5.41, 5.74) is 2.43. The van der Waals surface area contributed by atoms with Crippen molar-refractivity contribution in [2.45, 2.75) is 94.6 Å². The van der Waals surface area contributed by atoms with E-state index < -0.39 is 102 Å². The lowest BCUT2D eigenvalue weighted by Gasteiger charge is -2.48. The van der Waals surface area contributed by atoms with Gasteiger partial charge in [0, 0.05) is 101 Å². The average Bonchev–Trinajstić information content (AvgIpc) is 3.34. The number of methoxy groups -OCH3 is 3. The molecule has 2 heterocycles. The number of ether oxygens (including phenoxy) is 7. The number of hydrogen-bond donors (Lipinski definition) is 8. The van der Waals surface area contributed by atoms with Crippen LogP contribution in [0.4, 0.5) is 15.3 Å². The normalized spacial score (nSPS) is 24.1. The van der Waals surface area contributed by atoms with Gasteiger partial charge in [-0.05, 0) is 43.5 Å². The molecule has 0 saturated carbocycles. The van der Waals surface area contributed by atoms with Crippen molar-refractivity contribution in [2.75, 3.05) is 66.0 Å². The molecule has 0 unspecified atom stereocenters. The van der Waals surface area contributed by atoms with E-state index in [0.717, 1.165) is 0 Å². The number of unbranched alkanes of at least 4 members (excludes halogenated alkanes) is 1. The van der Waals surface area contributed by atoms with Crippen molar-refractivity contribution < 1.29 is 77.2 Å². The van der Waals surface area contributed by atoms with Crippen LogP contribution in [-0.2, 0) is 51.0 Å². The minimum atomic E-state index is -2.33. The van der Waals surface area contributed by atoms with Crippen LogP contribution in [0.5, 0.6) is 17.2 Å². The number of anilines is 1. The second-order valence-corrected chi connectivity index (χ2v) is 17.5. The van der Waals surface area contributed by atoms with Gasteiger partial charge >= 0.3 is 12.1 Å². The van der Waals surface area contributed by atoms with Crippen LogP contribution in [0.25, 0.3) is 0 Å². The molecule has 2 aliphatic carbocycles. The lowest BCUT2D eigenvalue weighted by molar-refractivity contribution is -0.270. The highest BCUT2D eigenvalue weighted by molar-refractivity contribution is 6.31. The van der Waals surface area contributed by atoms with E-state index in [4.69, 9.17) is 38.9 Å². The van der Waals surface area contributed by atoms with Crippen molar-refractivity contribution in [2.24, 2.45) is 5.73 Å². The number of alkyl carbamates (subject to hydrolysis) is 1. The zero-order valence-electron chi connectivity index (χ0n) is 39.4. The minimum Gasteiger partial charge on any atom is -0.507 e. The van der Waals surface area contributed by atoms with E-state index in [1.54, 1.807) is 38.5 Å². The van der Waals surface area contributed by atoms with Crippen molar-refractivity contribution in [3.8, 4) is 17.2 Å². The van der Waals surface area contributed by atoms with E-state index in [1.165, 1.54) is 25.3 Å². The van der Waals surface area contributed by atoms with Gasteiger partial charge in [0.25, 0.3) is 5.91 Å². The summed E-state index contributed by atoms with van der Waals surface area (Å²) in [4.78, 5) is 80.1. The number of morpholine rings is 1. The molecule has 7 rings (SSSR count). The molecule has 2 fully saturated rings. The number of nitrogens with zero attached hydrogens (tertiary/aromatic N) is 1. The second kappa shape index (κ2) is 22.6. The summed E-state index contributed by atoms with van der Waals surface area (Å²) < 4.78 is 40.7. The predicted molar refractivity (Wildman–Crippen MR) is 246 cm³/mol. The number of ketones is 2. The number of urea groups is 1. The molecule has 3 aromatic carbocycles. The fourth-order valence-electron chi connectivity index (χ4n) is 9.52. The van der Waals surface area contributed by atoms with Crippen LogP contribution < -0.4 is 31.7 Å². The van der Waals surface area contributed by atoms with Gasteiger partial charge in [0.15, 0.2) is 18.4 Å². The Morgan fingerprint density at radius 3 is 2.34 bits per heavy atom. The standard InChI is InChI=1S/C48H60N6O16/c1-25-44(66-4)30(54-18-19-67-35(23-54)65-3)20-34(69-25)70-32-22-48(63,21-29-37(32)43(59)39-38(41(29)57)40(56)28-8-7-9-31(64-2)36(28)42(39)58)45(60)50-16-17-52-47(62)68-24-26-11-13-27(14-12-26)53-33(55)10-5-6-15-51-46(49)61/h7-9,11-14,25,30,32,34-35,44,57,59,63H,5-6,10,15-24H2,1-4H3,(H,50,60)(H,52,62)(H,53,55)(H3,49,51,61)/t25-,30-,32-,34-,35-,44+,48-/m0/s1. The van der Waals surface area contributed by atoms with Crippen LogP contribution >= 0.6 is 0 Å². The molecule has 22 nitrogen and oxygen atoms in total. The van der Waals surface area contributed by atoms with E-state index in [-0.39, 0.29) is 72.5 Å². The van der Waals surface area contributed by atoms with Crippen LogP contribution in [0, 0.1) is 0 Å². The maximum atomic E-state index is 14.2. The highest BCUT2D eigenvalue weighted by atomic mass is 16.7. The van der Waals surface area contributed by atoms with E-state index in [1.807, 2.05) is 6.92 Å². The summed E-state index contributed by atoms with van der Waals surface area (Å²) in [6.45, 7) is 3.13. The Morgan fingerprint density at radius 2 is 1.63 bits per heavy atom. The molecule has 2 saturated heterocycles. The number of fused-ring (bicyclic) bond motifs is 3. The molecule has 0 radical (unpaired) electrons. The summed E-state index contributed by atoms with van der Waals surface area (Å²) in [7, 11) is 4.45. The Morgan fingerprint density at radius 1 is 0.886 bits per heavy atom. The summed E-state index contributed by atoms with van der Waals surface area (Å²) in [6, 6.07) is 10.1. The summed E-state index contributed by atoms with van der Waals surface area (Å²) in [6.07, 6.45) is -4.18. The predicted octanol–water partition coefficient (Wildman–Crippen LogP) is 2.26. The number of aliphatic hydroxyl groups is 1. The number of amides is 5. The Balaban J connectivity index is 1.04. The molecule has 378 valence electrons. The van der Waals surface area contributed by atoms with Crippen molar-refractivity contribution in [1.29, 1.82) is 0 Å². The number of nitrogens with two attached hydrogens (primary N) is 1. The summed E-state index contributed by atoms with van der Waals surface area (Å²) in [5.74, 6) is -3.99. The van der Waals surface area contributed by atoms with Crippen LogP contribution in [0.2, 0.25) is 0 Å². The topological polar surface area (TPSA) is 305 Å². The number of benzene rings is 3. The first kappa shape index (κ1) is 51.5. The van der Waals surface area contributed by atoms with E-state index in [0.29, 0.717) is 50.3 Å². The molecule has 22 heteroatoms. The van der Waals surface area contributed by atoms with Crippen LogP contribution in [-0.4, -0.2) is 153 Å². The van der Waals surface area contributed by atoms with Crippen LogP contribution in [0.3, 0.4) is 0 Å². The number of hydrogen-bond acceptors (Lipinski definition) is 17. The van der Waals surface area contributed by atoms with Gasteiger partial charge in [-0.2, -0.15) is 0 Å². The lowest BCUT2D eigenvalue weighted by atomic mass is 9.72. The molecule has 9 N–H and O–H groups in total. The molecular weight excluding hydrogens is 917 g/mol. The van der Waals surface area contributed by atoms with E-state index in [2.05, 4.69) is 26.2 Å². The molecule has 7 atom stereocenters. The van der Waals surface area contributed by atoms with E-state index in [9.17, 15) is 44.1 Å². The molecule has 3 aromatic rings. The largest absolute Gasteiger partial charge is 0.507 e. The number of rotatable bonds is 18. The zero-order chi connectivity index (χ0) is 50.3. The Labute approximate surface area is 403 Å². The average molecular weight is 977 g/mol. The first-order valence-corrected chi connectivity index (χ1v) is 23.0. The van der Waals surface area contributed by atoms with Crippen molar-refractivity contribution >= 4 is 41.2 Å². The number of carbonyl (C=O) groups excluding carboxylic acids is 6. The van der Waals surface area contributed by atoms with Gasteiger partial charge in [-0.1, -0.05) is 24.3 Å². The third-order valence-electron chi connectivity index (χ3n) is 12.9. The lowest BCUT2D eigenvalue weighted by Crippen LogP contribution is -2.60. The molecular formula is C48H60N6O16.